The molecule has 0 bridgehead atoms. The van der Waals surface area contributed by atoms with Crippen molar-refractivity contribution in [3.05, 3.63) is 35.1 Å². The van der Waals surface area contributed by atoms with Crippen molar-refractivity contribution in [1.82, 2.24) is 0 Å². The predicted molar refractivity (Wildman–Crippen MR) is 60.2 cm³/mol. The molecule has 0 unspecified atom stereocenters. The van der Waals surface area contributed by atoms with Gasteiger partial charge in [0.05, 0.1) is 0 Å². The van der Waals surface area contributed by atoms with Gasteiger partial charge < -0.3 is 5.73 Å². The summed E-state index contributed by atoms with van der Waals surface area (Å²) in [6.45, 7) is 6.96. The summed E-state index contributed by atoms with van der Waals surface area (Å²) in [5, 5.41) is 0. The van der Waals surface area contributed by atoms with Gasteiger partial charge >= 0.3 is 0 Å². The molecule has 0 amide bonds. The summed E-state index contributed by atoms with van der Waals surface area (Å²) >= 11 is 0. The third-order valence-electron chi connectivity index (χ3n) is 3.95. The largest absolute Gasteiger partial charge is 0.330 e. The molecule has 2 atom stereocenters. The quantitative estimate of drug-likeness (QED) is 0.793. The van der Waals surface area contributed by atoms with Crippen molar-refractivity contribution in [1.29, 1.82) is 0 Å². The maximum absolute atomic E-state index is 13.4. The van der Waals surface area contributed by atoms with E-state index < -0.39 is 0 Å². The maximum Gasteiger partial charge on any atom is 0.126 e. The monoisotopic (exact) mass is 207 g/mol. The Labute approximate surface area is 90.5 Å². The minimum absolute atomic E-state index is 0.106. The Bertz CT molecular complexity index is 384. The molecule has 1 saturated carbocycles. The molecular weight excluding hydrogens is 189 g/mol. The summed E-state index contributed by atoms with van der Waals surface area (Å²) < 4.78 is 13.4. The van der Waals surface area contributed by atoms with Crippen molar-refractivity contribution in [3.8, 4) is 0 Å². The van der Waals surface area contributed by atoms with Gasteiger partial charge in [0.2, 0.25) is 0 Å². The highest BCUT2D eigenvalue weighted by molar-refractivity contribution is 5.38. The van der Waals surface area contributed by atoms with E-state index in [9.17, 15) is 4.39 Å². The maximum atomic E-state index is 13.4. The van der Waals surface area contributed by atoms with Crippen LogP contribution in [0.1, 0.15) is 30.9 Å². The fraction of sp³-hybridized carbons (Fsp3) is 0.538. The molecule has 15 heavy (non-hydrogen) atoms. The normalized spacial score (nSPS) is 27.8. The molecule has 0 heterocycles. The topological polar surface area (TPSA) is 26.0 Å². The fourth-order valence-corrected chi connectivity index (χ4v) is 2.76. The van der Waals surface area contributed by atoms with Gasteiger partial charge in [0.15, 0.2) is 0 Å². The highest BCUT2D eigenvalue weighted by Gasteiger charge is 2.57. The molecule has 1 aromatic rings. The van der Waals surface area contributed by atoms with Crippen LogP contribution in [0.15, 0.2) is 18.2 Å². The zero-order valence-corrected chi connectivity index (χ0v) is 9.55. The number of halogens is 1. The van der Waals surface area contributed by atoms with Crippen molar-refractivity contribution in [2.75, 3.05) is 6.54 Å². The van der Waals surface area contributed by atoms with Crippen LogP contribution in [0.3, 0.4) is 0 Å². The number of rotatable bonds is 2. The molecule has 82 valence electrons. The summed E-state index contributed by atoms with van der Waals surface area (Å²) in [6.07, 6.45) is 0. The molecule has 2 rings (SSSR count). The highest BCUT2D eigenvalue weighted by atomic mass is 19.1. The smallest absolute Gasteiger partial charge is 0.126 e. The van der Waals surface area contributed by atoms with Gasteiger partial charge in [-0.15, -0.1) is 0 Å². The third kappa shape index (κ3) is 1.48. The fourth-order valence-electron chi connectivity index (χ4n) is 2.76. The van der Waals surface area contributed by atoms with E-state index in [1.54, 1.807) is 6.07 Å². The highest BCUT2D eigenvalue weighted by Crippen LogP contribution is 2.64. The van der Waals surface area contributed by atoms with E-state index in [0.717, 1.165) is 11.1 Å². The average molecular weight is 207 g/mol. The average Bonchev–Trinajstić information content (AvgIpc) is 2.73. The lowest BCUT2D eigenvalue weighted by atomic mass is 9.98. The summed E-state index contributed by atoms with van der Waals surface area (Å²) in [6, 6.07) is 5.34. The Kier molecular flexibility index (Phi) is 2.34. The second-order valence-corrected chi connectivity index (χ2v) is 5.10. The van der Waals surface area contributed by atoms with Crippen molar-refractivity contribution in [2.24, 2.45) is 17.1 Å². The van der Waals surface area contributed by atoms with Crippen LogP contribution in [-0.4, -0.2) is 6.54 Å². The van der Waals surface area contributed by atoms with Gasteiger partial charge in [-0.3, -0.25) is 0 Å². The second-order valence-electron chi connectivity index (χ2n) is 5.10. The molecule has 0 spiro atoms. The van der Waals surface area contributed by atoms with Gasteiger partial charge in [-0.1, -0.05) is 26.0 Å². The molecule has 1 fully saturated rings. The van der Waals surface area contributed by atoms with E-state index >= 15 is 0 Å². The van der Waals surface area contributed by atoms with Gasteiger partial charge in [0.1, 0.15) is 5.82 Å². The van der Waals surface area contributed by atoms with Crippen LogP contribution >= 0.6 is 0 Å². The summed E-state index contributed by atoms with van der Waals surface area (Å²) in [4.78, 5) is 0. The molecule has 1 aliphatic carbocycles. The Morgan fingerprint density at radius 1 is 1.40 bits per heavy atom. The minimum atomic E-state index is -0.106. The number of benzene rings is 1. The minimum Gasteiger partial charge on any atom is -0.330 e. The van der Waals surface area contributed by atoms with Gasteiger partial charge in [-0.2, -0.15) is 0 Å². The van der Waals surface area contributed by atoms with Gasteiger partial charge in [-0.25, -0.2) is 4.39 Å². The van der Waals surface area contributed by atoms with Crippen molar-refractivity contribution in [2.45, 2.75) is 26.7 Å². The first-order valence-electron chi connectivity index (χ1n) is 5.45. The zero-order valence-electron chi connectivity index (χ0n) is 9.55. The van der Waals surface area contributed by atoms with Crippen molar-refractivity contribution in [3.63, 3.8) is 0 Å². The standard InChI is InChI=1S/C13H18FN/c1-8-9(5-4-6-11(8)14)12-10(7-15)13(12,2)3/h4-6,10,12H,7,15H2,1-3H3/t10-,12-/m0/s1. The van der Waals surface area contributed by atoms with Crippen molar-refractivity contribution < 1.29 is 4.39 Å². The first-order chi connectivity index (χ1) is 7.00. The number of hydrogen-bond acceptors (Lipinski definition) is 1. The molecule has 1 aliphatic rings. The second kappa shape index (κ2) is 3.31. The van der Waals surface area contributed by atoms with Gasteiger partial charge in [-0.05, 0) is 47.9 Å². The van der Waals surface area contributed by atoms with Gasteiger partial charge in [0.25, 0.3) is 0 Å². The molecule has 2 heteroatoms. The van der Waals surface area contributed by atoms with Crippen LogP contribution in [0.2, 0.25) is 0 Å². The lowest BCUT2D eigenvalue weighted by Gasteiger charge is -2.07. The van der Waals surface area contributed by atoms with E-state index in [1.165, 1.54) is 6.07 Å². The first-order valence-corrected chi connectivity index (χ1v) is 5.45. The van der Waals surface area contributed by atoms with Crippen LogP contribution in [-0.2, 0) is 0 Å². The zero-order chi connectivity index (χ0) is 11.2. The Morgan fingerprint density at radius 3 is 2.60 bits per heavy atom. The van der Waals surface area contributed by atoms with Crippen LogP contribution in [0.5, 0.6) is 0 Å². The summed E-state index contributed by atoms with van der Waals surface area (Å²) in [5.74, 6) is 0.821. The van der Waals surface area contributed by atoms with Crippen LogP contribution in [0, 0.1) is 24.1 Å². The van der Waals surface area contributed by atoms with E-state index in [4.69, 9.17) is 5.73 Å². The van der Waals surface area contributed by atoms with Gasteiger partial charge in [0, 0.05) is 0 Å². The lowest BCUT2D eigenvalue weighted by molar-refractivity contribution is 0.557. The molecule has 2 N–H and O–H groups in total. The van der Waals surface area contributed by atoms with E-state index in [2.05, 4.69) is 13.8 Å². The SMILES string of the molecule is Cc1c(F)cccc1[C@H]1[C@H](CN)C1(C)C. The van der Waals surface area contributed by atoms with Crippen LogP contribution in [0.4, 0.5) is 4.39 Å². The molecule has 0 radical (unpaired) electrons. The molecule has 0 saturated heterocycles. The first kappa shape index (κ1) is 10.6. The van der Waals surface area contributed by atoms with E-state index in [0.29, 0.717) is 18.4 Å². The number of hydrogen-bond donors (Lipinski definition) is 1. The summed E-state index contributed by atoms with van der Waals surface area (Å²) in [5.41, 5.74) is 7.88. The summed E-state index contributed by atoms with van der Waals surface area (Å²) in [7, 11) is 0. The lowest BCUT2D eigenvalue weighted by Crippen LogP contribution is -2.05. The molecule has 0 aromatic heterocycles. The van der Waals surface area contributed by atoms with E-state index in [-0.39, 0.29) is 11.2 Å². The molecular formula is C13H18FN. The predicted octanol–water partition coefficient (Wildman–Crippen LogP) is 2.83. The molecule has 1 nitrogen and oxygen atoms in total. The number of nitrogens with two attached hydrogens (primary N) is 1. The Balaban J connectivity index is 2.37. The Morgan fingerprint density at radius 2 is 2.07 bits per heavy atom. The Hall–Kier alpha value is -0.890. The van der Waals surface area contributed by atoms with Crippen LogP contribution in [0.25, 0.3) is 0 Å². The van der Waals surface area contributed by atoms with E-state index in [1.807, 2.05) is 13.0 Å². The van der Waals surface area contributed by atoms with Crippen molar-refractivity contribution >= 4 is 0 Å². The van der Waals surface area contributed by atoms with Crippen LogP contribution < -0.4 is 5.73 Å². The molecule has 0 aliphatic heterocycles. The third-order valence-corrected chi connectivity index (χ3v) is 3.95. The molecule has 1 aromatic carbocycles.